The molecule has 1 heterocycles. The van der Waals surface area contributed by atoms with Gasteiger partial charge in [0.25, 0.3) is 10.0 Å². The van der Waals surface area contributed by atoms with Gasteiger partial charge in [0.2, 0.25) is 0 Å². The van der Waals surface area contributed by atoms with Gasteiger partial charge in [-0.3, -0.25) is 4.72 Å². The first-order valence-corrected chi connectivity index (χ1v) is 8.24. The van der Waals surface area contributed by atoms with Crippen molar-refractivity contribution in [2.45, 2.75) is 10.8 Å². The van der Waals surface area contributed by atoms with Crippen LogP contribution in [0, 0.1) is 0 Å². The van der Waals surface area contributed by atoms with Crippen LogP contribution in [0.2, 0.25) is 0 Å². The monoisotopic (exact) mass is 346 g/mol. The van der Waals surface area contributed by atoms with Gasteiger partial charge in [0, 0.05) is 11.0 Å². The highest BCUT2D eigenvalue weighted by atomic mass is 79.9. The van der Waals surface area contributed by atoms with E-state index in [1.807, 2.05) is 6.07 Å². The number of nitrogens with two attached hydrogens (primary N) is 1. The van der Waals surface area contributed by atoms with E-state index in [1.165, 1.54) is 0 Å². The molecule has 0 saturated carbocycles. The molecule has 0 aliphatic rings. The molecular weight excluding hydrogens is 336 g/mol. The van der Waals surface area contributed by atoms with Crippen LogP contribution in [0.4, 0.5) is 5.69 Å². The summed E-state index contributed by atoms with van der Waals surface area (Å²) in [7, 11) is -3.57. The molecule has 0 saturated heterocycles. The second kappa shape index (κ2) is 5.40. The first kappa shape index (κ1) is 13.5. The fourth-order valence-corrected chi connectivity index (χ4v) is 4.90. The van der Waals surface area contributed by atoms with Crippen molar-refractivity contribution in [3.05, 3.63) is 45.7 Å². The first-order chi connectivity index (χ1) is 8.54. The van der Waals surface area contributed by atoms with Gasteiger partial charge in [-0.2, -0.15) is 0 Å². The molecule has 3 N–H and O–H groups in total. The molecule has 2 rings (SSSR count). The highest BCUT2D eigenvalue weighted by Crippen LogP contribution is 2.29. The number of benzene rings is 1. The van der Waals surface area contributed by atoms with Crippen LogP contribution in [0.25, 0.3) is 0 Å². The minimum absolute atomic E-state index is 0.259. The number of thiophene rings is 1. The summed E-state index contributed by atoms with van der Waals surface area (Å²) < 4.78 is 27.7. The van der Waals surface area contributed by atoms with Gasteiger partial charge in [-0.25, -0.2) is 8.42 Å². The summed E-state index contributed by atoms with van der Waals surface area (Å²) in [6.07, 6.45) is 0. The number of halogens is 1. The van der Waals surface area contributed by atoms with Crippen molar-refractivity contribution in [2.75, 3.05) is 4.72 Å². The third-order valence-corrected chi connectivity index (χ3v) is 6.35. The van der Waals surface area contributed by atoms with Crippen LogP contribution in [0.15, 0.2) is 44.4 Å². The highest BCUT2D eigenvalue weighted by molar-refractivity contribution is 9.10. The second-order valence-corrected chi connectivity index (χ2v) is 7.17. The second-order valence-electron chi connectivity index (χ2n) is 3.52. The maximum atomic E-state index is 12.2. The normalized spacial score (nSPS) is 11.4. The van der Waals surface area contributed by atoms with E-state index in [2.05, 4.69) is 20.7 Å². The Morgan fingerprint density at radius 1 is 1.28 bits per heavy atom. The molecule has 2 aromatic rings. The Hall–Kier alpha value is -0.890. The van der Waals surface area contributed by atoms with E-state index in [4.69, 9.17) is 5.73 Å². The smallest absolute Gasteiger partial charge is 0.272 e. The minimum Gasteiger partial charge on any atom is -0.326 e. The maximum Gasteiger partial charge on any atom is 0.272 e. The molecule has 0 spiro atoms. The van der Waals surface area contributed by atoms with Crippen LogP contribution in [-0.4, -0.2) is 8.42 Å². The lowest BCUT2D eigenvalue weighted by Crippen LogP contribution is -2.14. The van der Waals surface area contributed by atoms with Crippen LogP contribution in [0.1, 0.15) is 5.56 Å². The average molecular weight is 347 g/mol. The number of anilines is 1. The molecule has 4 nitrogen and oxygen atoms in total. The standard InChI is InChI=1S/C11H11BrN2O2S2/c12-9-5-6-17-11(9)18(15,16)14-10-4-2-1-3-8(10)7-13/h1-6,14H,7,13H2. The summed E-state index contributed by atoms with van der Waals surface area (Å²) in [6, 6.07) is 8.78. The molecule has 1 aromatic carbocycles. The van der Waals surface area contributed by atoms with E-state index in [0.717, 1.165) is 16.9 Å². The van der Waals surface area contributed by atoms with Crippen molar-refractivity contribution in [2.24, 2.45) is 5.73 Å². The number of sulfonamides is 1. The fourth-order valence-electron chi connectivity index (χ4n) is 1.46. The lowest BCUT2D eigenvalue weighted by Gasteiger charge is -2.10. The summed E-state index contributed by atoms with van der Waals surface area (Å²) in [4.78, 5) is 0. The molecule has 7 heteroatoms. The Morgan fingerprint density at radius 3 is 2.61 bits per heavy atom. The minimum atomic E-state index is -3.57. The molecule has 0 fully saturated rings. The molecular formula is C11H11BrN2O2S2. The SMILES string of the molecule is NCc1ccccc1NS(=O)(=O)c1sccc1Br. The van der Waals surface area contributed by atoms with Crippen molar-refractivity contribution in [1.82, 2.24) is 0 Å². The zero-order valence-electron chi connectivity index (χ0n) is 9.26. The number of rotatable bonds is 4. The summed E-state index contributed by atoms with van der Waals surface area (Å²) in [5, 5.41) is 1.72. The van der Waals surface area contributed by atoms with E-state index >= 15 is 0 Å². The van der Waals surface area contributed by atoms with Gasteiger partial charge in [0.15, 0.2) is 4.21 Å². The quantitative estimate of drug-likeness (QED) is 0.893. The van der Waals surface area contributed by atoms with Crippen molar-refractivity contribution in [1.29, 1.82) is 0 Å². The zero-order valence-corrected chi connectivity index (χ0v) is 12.5. The first-order valence-electron chi connectivity index (χ1n) is 5.08. The highest BCUT2D eigenvalue weighted by Gasteiger charge is 2.20. The van der Waals surface area contributed by atoms with Crippen LogP contribution >= 0.6 is 27.3 Å². The molecule has 0 unspecified atom stereocenters. The van der Waals surface area contributed by atoms with E-state index in [-0.39, 0.29) is 10.8 Å². The maximum absolute atomic E-state index is 12.2. The van der Waals surface area contributed by atoms with Gasteiger partial charge in [0.05, 0.1) is 5.69 Å². The largest absolute Gasteiger partial charge is 0.326 e. The van der Waals surface area contributed by atoms with E-state index in [0.29, 0.717) is 10.2 Å². The third kappa shape index (κ3) is 2.74. The van der Waals surface area contributed by atoms with Crippen LogP contribution in [-0.2, 0) is 16.6 Å². The molecule has 0 atom stereocenters. The summed E-state index contributed by atoms with van der Waals surface area (Å²) in [6.45, 7) is 0.282. The number of nitrogens with one attached hydrogen (secondary N) is 1. The Balaban J connectivity index is 2.37. The van der Waals surface area contributed by atoms with Gasteiger partial charge < -0.3 is 5.73 Å². The summed E-state index contributed by atoms with van der Waals surface area (Å²) in [5.41, 5.74) is 6.85. The van der Waals surface area contributed by atoms with Gasteiger partial charge in [-0.1, -0.05) is 18.2 Å². The van der Waals surface area contributed by atoms with Crippen LogP contribution < -0.4 is 10.5 Å². The van der Waals surface area contributed by atoms with E-state index < -0.39 is 10.0 Å². The molecule has 0 bridgehead atoms. The Kier molecular flexibility index (Phi) is 4.06. The van der Waals surface area contributed by atoms with Crippen molar-refractivity contribution >= 4 is 43.0 Å². The topological polar surface area (TPSA) is 72.2 Å². The Morgan fingerprint density at radius 2 is 2.00 bits per heavy atom. The van der Waals surface area contributed by atoms with Crippen molar-refractivity contribution in [3.8, 4) is 0 Å². The average Bonchev–Trinajstić information content (AvgIpc) is 2.76. The molecule has 0 aliphatic carbocycles. The molecule has 18 heavy (non-hydrogen) atoms. The Bertz CT molecular complexity index is 653. The predicted molar refractivity (Wildman–Crippen MR) is 77.2 cm³/mol. The van der Waals surface area contributed by atoms with Crippen LogP contribution in [0.3, 0.4) is 0 Å². The Labute approximate surface area is 118 Å². The number of hydrogen-bond donors (Lipinski definition) is 2. The molecule has 96 valence electrons. The lowest BCUT2D eigenvalue weighted by molar-refractivity contribution is 0.602. The van der Waals surface area contributed by atoms with Gasteiger partial charge in [-0.05, 0) is 39.0 Å². The molecule has 0 radical (unpaired) electrons. The van der Waals surface area contributed by atoms with Crippen LogP contribution in [0.5, 0.6) is 0 Å². The summed E-state index contributed by atoms with van der Waals surface area (Å²) in [5.74, 6) is 0. The predicted octanol–water partition coefficient (Wildman–Crippen LogP) is 2.77. The summed E-state index contributed by atoms with van der Waals surface area (Å²) >= 11 is 4.38. The van der Waals surface area contributed by atoms with Gasteiger partial charge in [0.1, 0.15) is 0 Å². The molecule has 1 aromatic heterocycles. The molecule has 0 aliphatic heterocycles. The van der Waals surface area contributed by atoms with Crippen molar-refractivity contribution in [3.63, 3.8) is 0 Å². The van der Waals surface area contributed by atoms with E-state index in [9.17, 15) is 8.42 Å². The number of hydrogen-bond acceptors (Lipinski definition) is 4. The molecule has 0 amide bonds. The van der Waals surface area contributed by atoms with Gasteiger partial charge in [-0.15, -0.1) is 11.3 Å². The number of para-hydroxylation sites is 1. The van der Waals surface area contributed by atoms with Gasteiger partial charge >= 0.3 is 0 Å². The third-order valence-electron chi connectivity index (χ3n) is 2.31. The van der Waals surface area contributed by atoms with E-state index in [1.54, 1.807) is 29.6 Å². The van der Waals surface area contributed by atoms with Crippen molar-refractivity contribution < 1.29 is 8.42 Å². The fraction of sp³-hybridized carbons (Fsp3) is 0.0909. The lowest BCUT2D eigenvalue weighted by atomic mass is 10.2. The zero-order chi connectivity index (χ0) is 13.2.